The summed E-state index contributed by atoms with van der Waals surface area (Å²) in [4.78, 5) is 30.5. The maximum absolute atomic E-state index is 12.8. The van der Waals surface area contributed by atoms with Crippen molar-refractivity contribution in [3.63, 3.8) is 0 Å². The highest BCUT2D eigenvalue weighted by molar-refractivity contribution is 5.80. The van der Waals surface area contributed by atoms with Crippen LogP contribution in [-0.4, -0.2) is 34.1 Å². The minimum atomic E-state index is -0.263. The topological polar surface area (TPSA) is 58.1 Å². The summed E-state index contributed by atoms with van der Waals surface area (Å²) in [5, 5.41) is 0.617. The van der Waals surface area contributed by atoms with E-state index in [-0.39, 0.29) is 17.3 Å². The second-order valence-corrected chi connectivity index (χ2v) is 6.31. The number of rotatable bonds is 1. The normalized spacial score (nSPS) is 28.1. The van der Waals surface area contributed by atoms with E-state index < -0.39 is 0 Å². The van der Waals surface area contributed by atoms with Crippen molar-refractivity contribution in [3.8, 4) is 0 Å². The molecule has 1 atom stereocenters. The van der Waals surface area contributed by atoms with E-state index in [0.717, 1.165) is 38.0 Å². The van der Waals surface area contributed by atoms with E-state index in [1.165, 1.54) is 4.57 Å². The van der Waals surface area contributed by atoms with Crippen molar-refractivity contribution >= 4 is 10.9 Å². The first-order valence-electron chi connectivity index (χ1n) is 7.61. The Balaban J connectivity index is 1.94. The molecule has 0 radical (unpaired) electrons. The lowest BCUT2D eigenvalue weighted by molar-refractivity contribution is 0.0536. The van der Waals surface area contributed by atoms with Gasteiger partial charge in [0.25, 0.3) is 5.56 Å². The van der Waals surface area contributed by atoms with Crippen molar-refractivity contribution < 1.29 is 0 Å². The summed E-state index contributed by atoms with van der Waals surface area (Å²) >= 11 is 0. The molecule has 0 saturated carbocycles. The van der Waals surface area contributed by atoms with Gasteiger partial charge < -0.3 is 9.88 Å². The largest absolute Gasteiger partial charge is 0.329 e. The van der Waals surface area contributed by atoms with Crippen molar-refractivity contribution in [3.05, 3.63) is 44.6 Å². The number of benzene rings is 1. The third kappa shape index (κ3) is 1.87. The molecule has 0 amide bonds. The van der Waals surface area contributed by atoms with Crippen LogP contribution in [0.5, 0.6) is 0 Å². The quantitative estimate of drug-likeness (QED) is 0.858. The number of aromatic amines is 1. The molecule has 110 valence electrons. The molecule has 0 aliphatic carbocycles. The van der Waals surface area contributed by atoms with Gasteiger partial charge in [-0.1, -0.05) is 12.1 Å². The number of aromatic nitrogens is 2. The van der Waals surface area contributed by atoms with E-state index in [1.54, 1.807) is 6.07 Å². The second-order valence-electron chi connectivity index (χ2n) is 6.31. The van der Waals surface area contributed by atoms with Crippen molar-refractivity contribution in [2.75, 3.05) is 19.6 Å². The van der Waals surface area contributed by atoms with Crippen LogP contribution in [0.1, 0.15) is 24.4 Å². The zero-order chi connectivity index (χ0) is 14.6. The summed E-state index contributed by atoms with van der Waals surface area (Å²) in [7, 11) is 0. The molecule has 1 unspecified atom stereocenters. The fourth-order valence-electron chi connectivity index (χ4n) is 3.93. The molecule has 3 aliphatic heterocycles. The average Bonchev–Trinajstić information content (AvgIpc) is 2.50. The lowest BCUT2D eigenvalue weighted by Gasteiger charge is -2.44. The Bertz CT molecular complexity index is 812. The minimum Gasteiger partial charge on any atom is -0.306 e. The van der Waals surface area contributed by atoms with Crippen molar-refractivity contribution in [2.45, 2.75) is 25.8 Å². The third-order valence-corrected chi connectivity index (χ3v) is 5.13. The number of nitrogens with one attached hydrogen (secondary N) is 1. The predicted octanol–water partition coefficient (Wildman–Crippen LogP) is 1.26. The van der Waals surface area contributed by atoms with Crippen LogP contribution in [0.25, 0.3) is 10.9 Å². The molecule has 3 fully saturated rings. The van der Waals surface area contributed by atoms with Gasteiger partial charge in [-0.05, 0) is 50.4 Å². The van der Waals surface area contributed by atoms with E-state index in [0.29, 0.717) is 16.8 Å². The fraction of sp³-hybridized carbons (Fsp3) is 0.500. The summed E-state index contributed by atoms with van der Waals surface area (Å²) in [6, 6.07) is 5.61. The van der Waals surface area contributed by atoms with Gasteiger partial charge in [-0.15, -0.1) is 0 Å². The molecule has 3 saturated heterocycles. The number of para-hydroxylation sites is 1. The first-order chi connectivity index (χ1) is 10.1. The van der Waals surface area contributed by atoms with Crippen LogP contribution >= 0.6 is 0 Å². The van der Waals surface area contributed by atoms with Gasteiger partial charge in [0.15, 0.2) is 0 Å². The smallest absolute Gasteiger partial charge is 0.306 e. The monoisotopic (exact) mass is 285 g/mol. The van der Waals surface area contributed by atoms with Crippen LogP contribution in [0.15, 0.2) is 27.8 Å². The molecule has 5 nitrogen and oxygen atoms in total. The molecule has 4 heterocycles. The molecule has 5 heteroatoms. The van der Waals surface area contributed by atoms with Crippen LogP contribution in [0.3, 0.4) is 0 Å². The average molecular weight is 285 g/mol. The summed E-state index contributed by atoms with van der Waals surface area (Å²) in [5.74, 6) is 0.455. The van der Waals surface area contributed by atoms with E-state index in [4.69, 9.17) is 0 Å². The molecule has 2 bridgehead atoms. The van der Waals surface area contributed by atoms with Gasteiger partial charge in [0.05, 0.1) is 16.9 Å². The number of nitrogens with zero attached hydrogens (tertiary/aromatic N) is 2. The highest BCUT2D eigenvalue weighted by atomic mass is 16.2. The molecular weight excluding hydrogens is 266 g/mol. The fourth-order valence-corrected chi connectivity index (χ4v) is 3.93. The Morgan fingerprint density at radius 2 is 1.95 bits per heavy atom. The number of hydrogen-bond acceptors (Lipinski definition) is 3. The van der Waals surface area contributed by atoms with E-state index >= 15 is 0 Å². The van der Waals surface area contributed by atoms with Crippen molar-refractivity contribution in [1.29, 1.82) is 0 Å². The number of aryl methyl sites for hydroxylation is 1. The molecule has 5 rings (SSSR count). The summed E-state index contributed by atoms with van der Waals surface area (Å²) < 4.78 is 1.47. The van der Waals surface area contributed by atoms with Crippen molar-refractivity contribution in [2.24, 2.45) is 5.92 Å². The first kappa shape index (κ1) is 12.8. The Kier molecular flexibility index (Phi) is 2.79. The number of piperidine rings is 3. The summed E-state index contributed by atoms with van der Waals surface area (Å²) in [6.45, 7) is 4.93. The number of hydrogen-bond donors (Lipinski definition) is 1. The molecule has 0 spiro atoms. The van der Waals surface area contributed by atoms with Crippen LogP contribution in [0, 0.1) is 12.8 Å². The summed E-state index contributed by atoms with van der Waals surface area (Å²) in [5.41, 5.74) is 1.20. The van der Waals surface area contributed by atoms with Gasteiger partial charge in [0.2, 0.25) is 0 Å². The van der Waals surface area contributed by atoms with E-state index in [1.807, 2.05) is 19.1 Å². The molecule has 1 aromatic carbocycles. The Hall–Kier alpha value is -1.88. The highest BCUT2D eigenvalue weighted by Gasteiger charge is 2.36. The van der Waals surface area contributed by atoms with Gasteiger partial charge in [-0.2, -0.15) is 0 Å². The second kappa shape index (κ2) is 4.56. The first-order valence-corrected chi connectivity index (χ1v) is 7.61. The SMILES string of the molecule is Cc1cccc2c(=O)n(C3CN4CCC3CC4)c(=O)[nH]c12. The standard InChI is InChI=1S/C16H19N3O2/c1-10-3-2-4-12-14(10)17-16(21)19(15(12)20)13-9-18-7-5-11(13)6-8-18/h2-4,11,13H,5-9H2,1H3,(H,17,21). The zero-order valence-corrected chi connectivity index (χ0v) is 12.1. The van der Waals surface area contributed by atoms with Crippen LogP contribution in [-0.2, 0) is 0 Å². The Morgan fingerprint density at radius 3 is 2.62 bits per heavy atom. The molecule has 1 aromatic heterocycles. The van der Waals surface area contributed by atoms with Crippen LogP contribution in [0.2, 0.25) is 0 Å². The van der Waals surface area contributed by atoms with Gasteiger partial charge in [0.1, 0.15) is 0 Å². The van der Waals surface area contributed by atoms with Gasteiger partial charge in [-0.25, -0.2) is 4.79 Å². The highest BCUT2D eigenvalue weighted by Crippen LogP contribution is 2.34. The Morgan fingerprint density at radius 1 is 1.19 bits per heavy atom. The van der Waals surface area contributed by atoms with E-state index in [2.05, 4.69) is 9.88 Å². The lowest BCUT2D eigenvalue weighted by Crippen LogP contribution is -2.53. The van der Waals surface area contributed by atoms with Crippen molar-refractivity contribution in [1.82, 2.24) is 14.5 Å². The van der Waals surface area contributed by atoms with Gasteiger partial charge in [0, 0.05) is 6.54 Å². The van der Waals surface area contributed by atoms with E-state index in [9.17, 15) is 9.59 Å². The maximum atomic E-state index is 12.8. The number of H-pyrrole nitrogens is 1. The lowest BCUT2D eigenvalue weighted by atomic mass is 9.84. The van der Waals surface area contributed by atoms with Gasteiger partial charge >= 0.3 is 5.69 Å². The Labute approximate surface area is 122 Å². The van der Waals surface area contributed by atoms with Crippen LogP contribution in [0.4, 0.5) is 0 Å². The molecule has 3 aliphatic rings. The molecule has 21 heavy (non-hydrogen) atoms. The number of fused-ring (bicyclic) bond motifs is 4. The third-order valence-electron chi connectivity index (χ3n) is 5.13. The summed E-state index contributed by atoms with van der Waals surface area (Å²) in [6.07, 6.45) is 2.17. The zero-order valence-electron chi connectivity index (χ0n) is 12.1. The molecule has 2 aromatic rings. The molecule has 1 N–H and O–H groups in total. The predicted molar refractivity (Wildman–Crippen MR) is 81.8 cm³/mol. The van der Waals surface area contributed by atoms with Crippen LogP contribution < -0.4 is 11.2 Å². The molecular formula is C16H19N3O2. The van der Waals surface area contributed by atoms with Gasteiger partial charge in [-0.3, -0.25) is 9.36 Å². The minimum absolute atomic E-state index is 0.0219. The maximum Gasteiger partial charge on any atom is 0.329 e.